The third-order valence-electron chi connectivity index (χ3n) is 4.45. The van der Waals surface area contributed by atoms with Crippen molar-refractivity contribution in [1.29, 1.82) is 0 Å². The lowest BCUT2D eigenvalue weighted by molar-refractivity contribution is -0.115. The molecule has 0 saturated heterocycles. The smallest absolute Gasteiger partial charge is 0.238 e. The van der Waals surface area contributed by atoms with Gasteiger partial charge in [0, 0.05) is 22.9 Å². The first-order valence-electron chi connectivity index (χ1n) is 9.00. The van der Waals surface area contributed by atoms with Crippen molar-refractivity contribution in [2.45, 2.75) is 38.1 Å². The summed E-state index contributed by atoms with van der Waals surface area (Å²) in [5, 5.41) is 6.29. The van der Waals surface area contributed by atoms with Gasteiger partial charge in [-0.1, -0.05) is 49.3 Å². The predicted octanol–water partition coefficient (Wildman–Crippen LogP) is 3.95. The molecule has 3 heteroatoms. The van der Waals surface area contributed by atoms with E-state index in [9.17, 15) is 4.79 Å². The molecule has 1 fully saturated rings. The second kappa shape index (κ2) is 9.05. The fourth-order valence-electron chi connectivity index (χ4n) is 3.05. The Kier molecular flexibility index (Phi) is 6.25. The number of nitrogens with one attached hydrogen (secondary N) is 2. The van der Waals surface area contributed by atoms with Gasteiger partial charge in [0.1, 0.15) is 0 Å². The lowest BCUT2D eigenvalue weighted by Crippen LogP contribution is -2.37. The molecule has 25 heavy (non-hydrogen) atoms. The highest BCUT2D eigenvalue weighted by Gasteiger charge is 2.13. The molecule has 0 heterocycles. The molecule has 0 unspecified atom stereocenters. The number of benzene rings is 2. The molecule has 2 aromatic carbocycles. The first kappa shape index (κ1) is 17.3. The standard InChI is InChI=1S/C22H24N2O/c25-22(17-23-20-9-5-2-6-10-20)24-21-15-13-19(14-16-21)12-11-18-7-3-1-4-8-18/h1,3-4,7-8,13-16,20,23H,2,5-6,9-10,17H2,(H,24,25). The van der Waals surface area contributed by atoms with Gasteiger partial charge in [-0.3, -0.25) is 4.79 Å². The van der Waals surface area contributed by atoms with E-state index in [4.69, 9.17) is 0 Å². The summed E-state index contributed by atoms with van der Waals surface area (Å²) < 4.78 is 0. The average Bonchev–Trinajstić information content (AvgIpc) is 2.67. The van der Waals surface area contributed by atoms with Crippen LogP contribution in [-0.4, -0.2) is 18.5 Å². The molecule has 0 aromatic heterocycles. The molecule has 1 aliphatic carbocycles. The van der Waals surface area contributed by atoms with Gasteiger partial charge in [-0.05, 0) is 49.2 Å². The third-order valence-corrected chi connectivity index (χ3v) is 4.45. The van der Waals surface area contributed by atoms with Crippen LogP contribution in [0.2, 0.25) is 0 Å². The minimum Gasteiger partial charge on any atom is -0.325 e. The molecule has 128 valence electrons. The number of anilines is 1. The molecule has 1 saturated carbocycles. The highest BCUT2D eigenvalue weighted by molar-refractivity contribution is 5.92. The maximum atomic E-state index is 12.0. The number of carbonyl (C=O) groups is 1. The Hall–Kier alpha value is -2.57. The van der Waals surface area contributed by atoms with Gasteiger partial charge >= 0.3 is 0 Å². The van der Waals surface area contributed by atoms with Crippen molar-refractivity contribution < 1.29 is 4.79 Å². The van der Waals surface area contributed by atoms with Crippen LogP contribution in [-0.2, 0) is 4.79 Å². The quantitative estimate of drug-likeness (QED) is 0.833. The molecule has 1 amide bonds. The van der Waals surface area contributed by atoms with Gasteiger partial charge in [-0.25, -0.2) is 0 Å². The summed E-state index contributed by atoms with van der Waals surface area (Å²) in [7, 11) is 0. The lowest BCUT2D eigenvalue weighted by atomic mass is 9.95. The summed E-state index contributed by atoms with van der Waals surface area (Å²) in [6.45, 7) is 0.375. The summed E-state index contributed by atoms with van der Waals surface area (Å²) >= 11 is 0. The monoisotopic (exact) mass is 332 g/mol. The van der Waals surface area contributed by atoms with Gasteiger partial charge in [0.15, 0.2) is 0 Å². The molecule has 0 radical (unpaired) electrons. The van der Waals surface area contributed by atoms with Crippen molar-refractivity contribution in [2.24, 2.45) is 0 Å². The molecule has 3 nitrogen and oxygen atoms in total. The number of hydrogen-bond acceptors (Lipinski definition) is 2. The Bertz CT molecular complexity index is 735. The molecule has 2 aromatic rings. The van der Waals surface area contributed by atoms with Crippen molar-refractivity contribution in [3.63, 3.8) is 0 Å². The topological polar surface area (TPSA) is 41.1 Å². The van der Waals surface area contributed by atoms with E-state index in [2.05, 4.69) is 22.5 Å². The van der Waals surface area contributed by atoms with Crippen LogP contribution in [0.25, 0.3) is 0 Å². The highest BCUT2D eigenvalue weighted by atomic mass is 16.1. The molecule has 0 spiro atoms. The van der Waals surface area contributed by atoms with Crippen LogP contribution in [0, 0.1) is 11.8 Å². The van der Waals surface area contributed by atoms with Crippen molar-refractivity contribution in [3.8, 4) is 11.8 Å². The number of amides is 1. The second-order valence-electron chi connectivity index (χ2n) is 6.46. The summed E-state index contributed by atoms with van der Waals surface area (Å²) in [6.07, 6.45) is 6.23. The summed E-state index contributed by atoms with van der Waals surface area (Å²) in [5.74, 6) is 6.27. The van der Waals surface area contributed by atoms with Crippen molar-refractivity contribution in [1.82, 2.24) is 5.32 Å². The van der Waals surface area contributed by atoms with Crippen LogP contribution >= 0.6 is 0 Å². The zero-order chi connectivity index (χ0) is 17.3. The van der Waals surface area contributed by atoms with Gasteiger partial charge in [0.2, 0.25) is 5.91 Å². The van der Waals surface area contributed by atoms with Crippen LogP contribution in [0.4, 0.5) is 5.69 Å². The van der Waals surface area contributed by atoms with Crippen LogP contribution in [0.1, 0.15) is 43.2 Å². The number of hydrogen-bond donors (Lipinski definition) is 2. The van der Waals surface area contributed by atoms with Crippen molar-refractivity contribution >= 4 is 11.6 Å². The number of carbonyl (C=O) groups excluding carboxylic acids is 1. The Morgan fingerprint density at radius 3 is 2.20 bits per heavy atom. The van der Waals surface area contributed by atoms with Crippen LogP contribution < -0.4 is 10.6 Å². The van der Waals surface area contributed by atoms with Crippen LogP contribution in [0.15, 0.2) is 54.6 Å². The first-order chi connectivity index (χ1) is 12.3. The van der Waals surface area contributed by atoms with E-state index in [0.717, 1.165) is 16.8 Å². The predicted molar refractivity (Wildman–Crippen MR) is 102 cm³/mol. The molecular formula is C22H24N2O. The van der Waals surface area contributed by atoms with Crippen LogP contribution in [0.5, 0.6) is 0 Å². The van der Waals surface area contributed by atoms with Gasteiger partial charge in [0.25, 0.3) is 0 Å². The molecule has 2 N–H and O–H groups in total. The Morgan fingerprint density at radius 2 is 1.52 bits per heavy atom. The first-order valence-corrected chi connectivity index (χ1v) is 9.00. The van der Waals surface area contributed by atoms with Crippen molar-refractivity contribution in [3.05, 3.63) is 65.7 Å². The fraction of sp³-hybridized carbons (Fsp3) is 0.318. The SMILES string of the molecule is O=C(CNC1CCCCC1)Nc1ccc(C#Cc2ccccc2)cc1. The van der Waals surface area contributed by atoms with Gasteiger partial charge in [0.05, 0.1) is 6.54 Å². The minimum absolute atomic E-state index is 0.00805. The largest absolute Gasteiger partial charge is 0.325 e. The Morgan fingerprint density at radius 1 is 0.880 bits per heavy atom. The van der Waals surface area contributed by atoms with Crippen LogP contribution in [0.3, 0.4) is 0 Å². The van der Waals surface area contributed by atoms with E-state index >= 15 is 0 Å². The maximum absolute atomic E-state index is 12.0. The maximum Gasteiger partial charge on any atom is 0.238 e. The summed E-state index contributed by atoms with van der Waals surface area (Å²) in [5.41, 5.74) is 2.73. The molecule has 0 aliphatic heterocycles. The molecule has 3 rings (SSSR count). The van der Waals surface area contributed by atoms with E-state index in [-0.39, 0.29) is 5.91 Å². The van der Waals surface area contributed by atoms with E-state index in [0.29, 0.717) is 12.6 Å². The average molecular weight is 332 g/mol. The van der Waals surface area contributed by atoms with E-state index in [1.807, 2.05) is 54.6 Å². The third kappa shape index (κ3) is 5.77. The normalized spacial score (nSPS) is 14.4. The zero-order valence-corrected chi connectivity index (χ0v) is 14.4. The second-order valence-corrected chi connectivity index (χ2v) is 6.46. The molecule has 0 atom stereocenters. The van der Waals surface area contributed by atoms with Crippen molar-refractivity contribution in [2.75, 3.05) is 11.9 Å². The lowest BCUT2D eigenvalue weighted by Gasteiger charge is -2.22. The van der Waals surface area contributed by atoms with Gasteiger partial charge in [-0.2, -0.15) is 0 Å². The summed E-state index contributed by atoms with van der Waals surface area (Å²) in [4.78, 5) is 12.0. The Balaban J connectivity index is 1.48. The Labute approximate surface area is 149 Å². The zero-order valence-electron chi connectivity index (χ0n) is 14.4. The van der Waals surface area contributed by atoms with E-state index in [1.165, 1.54) is 32.1 Å². The fourth-order valence-corrected chi connectivity index (χ4v) is 3.05. The number of rotatable bonds is 4. The molecule has 1 aliphatic rings. The minimum atomic E-state index is 0.00805. The van der Waals surface area contributed by atoms with E-state index < -0.39 is 0 Å². The molecular weight excluding hydrogens is 308 g/mol. The van der Waals surface area contributed by atoms with Gasteiger partial charge in [-0.15, -0.1) is 0 Å². The van der Waals surface area contributed by atoms with Gasteiger partial charge < -0.3 is 10.6 Å². The highest BCUT2D eigenvalue weighted by Crippen LogP contribution is 2.17. The summed E-state index contributed by atoms with van der Waals surface area (Å²) in [6, 6.07) is 18.1. The molecule has 0 bridgehead atoms. The van der Waals surface area contributed by atoms with E-state index in [1.54, 1.807) is 0 Å².